The van der Waals surface area contributed by atoms with Crippen LogP contribution in [0.25, 0.3) is 16.5 Å². The summed E-state index contributed by atoms with van der Waals surface area (Å²) in [5.41, 5.74) is -0.473. The minimum absolute atomic E-state index is 0.226. The maximum Gasteiger partial charge on any atom is 0.279 e. The van der Waals surface area contributed by atoms with Crippen LogP contribution in [0.2, 0.25) is 0 Å². The first kappa shape index (κ1) is 15.5. The predicted molar refractivity (Wildman–Crippen MR) is 84.8 cm³/mol. The number of aromatic carboxylic acids is 1. The van der Waals surface area contributed by atoms with E-state index in [4.69, 9.17) is 9.47 Å². The number of carbonyl (C=O) groups is 1. The molecular weight excluding hydrogens is 312 g/mol. The highest BCUT2D eigenvalue weighted by atomic mass is 16.5. The Bertz CT molecular complexity index is 994. The molecule has 0 aliphatic heterocycles. The number of carbonyl (C=O) groups excluding carboxylic acids is 1. The van der Waals surface area contributed by atoms with Gasteiger partial charge < -0.3 is 19.4 Å². The van der Waals surface area contributed by atoms with Crippen LogP contribution < -0.4 is 20.1 Å². The Kier molecular flexibility index (Phi) is 3.91. The summed E-state index contributed by atoms with van der Waals surface area (Å²) in [5, 5.41) is 15.8. The predicted octanol–water partition coefficient (Wildman–Crippen LogP) is 0.766. The Balaban J connectivity index is 2.37. The van der Waals surface area contributed by atoms with Crippen molar-refractivity contribution < 1.29 is 19.4 Å². The van der Waals surface area contributed by atoms with Crippen molar-refractivity contribution in [1.82, 2.24) is 9.78 Å². The van der Waals surface area contributed by atoms with Crippen LogP contribution in [0.1, 0.15) is 10.5 Å². The maximum absolute atomic E-state index is 12.7. The Labute approximate surface area is 136 Å². The van der Waals surface area contributed by atoms with E-state index in [0.29, 0.717) is 17.2 Å². The highest BCUT2D eigenvalue weighted by molar-refractivity contribution is 6.00. The summed E-state index contributed by atoms with van der Waals surface area (Å²) in [5.74, 6) is -0.611. The standard InChI is InChI=1S/C17H14N2O5/c1-23-10-7-8-13(14(9-10)24-2)19-16(20)12-6-4-3-5-11(12)15(18-19)17(21)22/h3-9H,1-2H3,(H,21,22)/p-1. The van der Waals surface area contributed by atoms with Crippen LogP contribution in [0.3, 0.4) is 0 Å². The summed E-state index contributed by atoms with van der Waals surface area (Å²) in [6.45, 7) is 0. The second kappa shape index (κ2) is 6.04. The van der Waals surface area contributed by atoms with Gasteiger partial charge in [0.15, 0.2) is 0 Å². The molecule has 0 spiro atoms. The van der Waals surface area contributed by atoms with Gasteiger partial charge in [-0.3, -0.25) is 4.79 Å². The lowest BCUT2D eigenvalue weighted by Gasteiger charge is -2.14. The summed E-state index contributed by atoms with van der Waals surface area (Å²) in [6, 6.07) is 11.1. The van der Waals surface area contributed by atoms with Gasteiger partial charge in [0.05, 0.1) is 25.6 Å². The van der Waals surface area contributed by atoms with E-state index >= 15 is 0 Å². The lowest BCUT2D eigenvalue weighted by Crippen LogP contribution is -2.30. The van der Waals surface area contributed by atoms with Crippen molar-refractivity contribution in [3.05, 3.63) is 58.5 Å². The van der Waals surface area contributed by atoms with Crippen molar-refractivity contribution in [1.29, 1.82) is 0 Å². The molecule has 7 nitrogen and oxygen atoms in total. The van der Waals surface area contributed by atoms with E-state index in [1.54, 1.807) is 30.3 Å². The molecule has 0 fully saturated rings. The molecule has 0 aliphatic rings. The normalized spacial score (nSPS) is 10.6. The third-order valence-electron chi connectivity index (χ3n) is 3.61. The first-order valence-electron chi connectivity index (χ1n) is 7.02. The van der Waals surface area contributed by atoms with Crippen LogP contribution in [0.4, 0.5) is 0 Å². The Hall–Kier alpha value is -3.35. The highest BCUT2D eigenvalue weighted by Gasteiger charge is 2.15. The van der Waals surface area contributed by atoms with Crippen molar-refractivity contribution in [2.24, 2.45) is 0 Å². The summed E-state index contributed by atoms with van der Waals surface area (Å²) < 4.78 is 11.4. The minimum atomic E-state index is -1.47. The Morgan fingerprint density at radius 2 is 1.79 bits per heavy atom. The monoisotopic (exact) mass is 325 g/mol. The van der Waals surface area contributed by atoms with Crippen molar-refractivity contribution in [2.45, 2.75) is 0 Å². The van der Waals surface area contributed by atoms with E-state index in [1.807, 2.05) is 0 Å². The number of benzene rings is 2. The molecule has 0 amide bonds. The van der Waals surface area contributed by atoms with Gasteiger partial charge in [0.2, 0.25) is 0 Å². The number of aromatic nitrogens is 2. The molecule has 3 aromatic rings. The van der Waals surface area contributed by atoms with Gasteiger partial charge in [-0.05, 0) is 18.2 Å². The Morgan fingerprint density at radius 3 is 2.42 bits per heavy atom. The van der Waals surface area contributed by atoms with Crippen LogP contribution in [0.5, 0.6) is 11.5 Å². The lowest BCUT2D eigenvalue weighted by molar-refractivity contribution is -0.255. The number of carboxylic acid groups (broad SMARTS) is 1. The van der Waals surface area contributed by atoms with Crippen LogP contribution >= 0.6 is 0 Å². The zero-order valence-corrected chi connectivity index (χ0v) is 13.0. The molecule has 1 aromatic heterocycles. The van der Waals surface area contributed by atoms with Crippen molar-refractivity contribution in [3.63, 3.8) is 0 Å². The van der Waals surface area contributed by atoms with Crippen LogP contribution in [0, 0.1) is 0 Å². The number of rotatable bonds is 4. The SMILES string of the molecule is COc1ccc(-n2nc(C(=O)[O-])c3ccccc3c2=O)c(OC)c1. The summed E-state index contributed by atoms with van der Waals surface area (Å²) >= 11 is 0. The molecular formula is C17H13N2O5-. The number of nitrogens with zero attached hydrogens (tertiary/aromatic N) is 2. The second-order valence-electron chi connectivity index (χ2n) is 4.94. The van der Waals surface area contributed by atoms with E-state index in [-0.39, 0.29) is 16.5 Å². The molecule has 0 N–H and O–H groups in total. The van der Waals surface area contributed by atoms with E-state index in [2.05, 4.69) is 5.10 Å². The fourth-order valence-electron chi connectivity index (χ4n) is 2.46. The third kappa shape index (κ3) is 2.45. The van der Waals surface area contributed by atoms with Gasteiger partial charge in [0.25, 0.3) is 5.56 Å². The largest absolute Gasteiger partial charge is 0.543 e. The topological polar surface area (TPSA) is 93.5 Å². The quantitative estimate of drug-likeness (QED) is 0.703. The van der Waals surface area contributed by atoms with E-state index in [9.17, 15) is 14.7 Å². The number of carboxylic acids is 1. The molecule has 3 rings (SSSR count). The van der Waals surface area contributed by atoms with Gasteiger partial charge in [-0.2, -0.15) is 9.78 Å². The zero-order chi connectivity index (χ0) is 17.3. The van der Waals surface area contributed by atoms with Gasteiger partial charge >= 0.3 is 0 Å². The number of methoxy groups -OCH3 is 2. The zero-order valence-electron chi connectivity index (χ0n) is 13.0. The second-order valence-corrected chi connectivity index (χ2v) is 4.94. The van der Waals surface area contributed by atoms with Gasteiger partial charge in [-0.1, -0.05) is 18.2 Å². The molecule has 1 heterocycles. The van der Waals surface area contributed by atoms with Crippen molar-refractivity contribution >= 4 is 16.7 Å². The molecule has 0 saturated heterocycles. The van der Waals surface area contributed by atoms with Crippen LogP contribution in [-0.4, -0.2) is 30.0 Å². The van der Waals surface area contributed by atoms with Gasteiger partial charge in [0.1, 0.15) is 22.9 Å². The molecule has 0 aliphatic carbocycles. The lowest BCUT2D eigenvalue weighted by atomic mass is 10.1. The van der Waals surface area contributed by atoms with Gasteiger partial charge in [0, 0.05) is 11.5 Å². The first-order chi connectivity index (χ1) is 11.6. The summed E-state index contributed by atoms with van der Waals surface area (Å²) in [7, 11) is 2.94. The first-order valence-corrected chi connectivity index (χ1v) is 7.02. The average molecular weight is 325 g/mol. The summed E-state index contributed by atoms with van der Waals surface area (Å²) in [6.07, 6.45) is 0. The van der Waals surface area contributed by atoms with Gasteiger partial charge in [-0.25, -0.2) is 0 Å². The fraction of sp³-hybridized carbons (Fsp3) is 0.118. The summed E-state index contributed by atoms with van der Waals surface area (Å²) in [4.78, 5) is 24.2. The molecule has 7 heteroatoms. The fourth-order valence-corrected chi connectivity index (χ4v) is 2.46. The van der Waals surface area contributed by atoms with E-state index in [0.717, 1.165) is 4.68 Å². The van der Waals surface area contributed by atoms with Crippen molar-refractivity contribution in [2.75, 3.05) is 14.2 Å². The number of hydrogen-bond donors (Lipinski definition) is 0. The van der Waals surface area contributed by atoms with E-state index < -0.39 is 11.5 Å². The average Bonchev–Trinajstić information content (AvgIpc) is 2.61. The molecule has 24 heavy (non-hydrogen) atoms. The molecule has 2 aromatic carbocycles. The smallest absolute Gasteiger partial charge is 0.279 e. The number of hydrogen-bond acceptors (Lipinski definition) is 6. The minimum Gasteiger partial charge on any atom is -0.543 e. The van der Waals surface area contributed by atoms with E-state index in [1.165, 1.54) is 26.4 Å². The number of fused-ring (bicyclic) bond motifs is 1. The Morgan fingerprint density at radius 1 is 1.08 bits per heavy atom. The molecule has 0 unspecified atom stereocenters. The number of ether oxygens (including phenoxy) is 2. The molecule has 0 saturated carbocycles. The molecule has 0 bridgehead atoms. The van der Waals surface area contributed by atoms with Crippen molar-refractivity contribution in [3.8, 4) is 17.2 Å². The third-order valence-corrected chi connectivity index (χ3v) is 3.61. The highest BCUT2D eigenvalue weighted by Crippen LogP contribution is 2.27. The van der Waals surface area contributed by atoms with Gasteiger partial charge in [-0.15, -0.1) is 0 Å². The van der Waals surface area contributed by atoms with Crippen LogP contribution in [0.15, 0.2) is 47.3 Å². The van der Waals surface area contributed by atoms with Crippen LogP contribution in [-0.2, 0) is 0 Å². The maximum atomic E-state index is 12.7. The molecule has 0 atom stereocenters. The molecule has 122 valence electrons. The molecule has 0 radical (unpaired) electrons.